The number of nitrogens with zero attached hydrogens (tertiary/aromatic N) is 2. The Labute approximate surface area is 96.7 Å². The monoisotopic (exact) mass is 256 g/mol. The number of primary sulfonamides is 1. The second-order valence-electron chi connectivity index (χ2n) is 3.47. The average Bonchev–Trinajstić information content (AvgIpc) is 2.65. The lowest BCUT2D eigenvalue weighted by atomic mass is 10.1. The number of sulfonamides is 1. The zero-order chi connectivity index (χ0) is 12.6. The fraction of sp³-hybridized carbons (Fsp3) is 0.111. The SMILES string of the molecule is Cc1cc(F)ccc1-c1n[nH]c(S(N)(=O)=O)n1. The molecule has 0 saturated carbocycles. The number of rotatable bonds is 2. The fourth-order valence-electron chi connectivity index (χ4n) is 1.37. The van der Waals surface area contributed by atoms with Gasteiger partial charge in [0.05, 0.1) is 0 Å². The summed E-state index contributed by atoms with van der Waals surface area (Å²) < 4.78 is 34.9. The molecule has 0 amide bonds. The number of aryl methyl sites for hydroxylation is 1. The average molecular weight is 256 g/mol. The molecule has 1 heterocycles. The molecule has 1 aromatic heterocycles. The van der Waals surface area contributed by atoms with E-state index in [1.807, 2.05) is 0 Å². The van der Waals surface area contributed by atoms with Gasteiger partial charge in [0.2, 0.25) is 0 Å². The molecule has 17 heavy (non-hydrogen) atoms. The number of H-pyrrole nitrogens is 1. The summed E-state index contributed by atoms with van der Waals surface area (Å²) in [5, 5.41) is 10.4. The number of hydrogen-bond donors (Lipinski definition) is 2. The highest BCUT2D eigenvalue weighted by molar-refractivity contribution is 7.89. The molecule has 2 aromatic rings. The summed E-state index contributed by atoms with van der Waals surface area (Å²) in [5.41, 5.74) is 1.14. The van der Waals surface area contributed by atoms with E-state index in [0.29, 0.717) is 11.1 Å². The Kier molecular flexibility index (Phi) is 2.68. The van der Waals surface area contributed by atoms with Crippen molar-refractivity contribution in [1.29, 1.82) is 0 Å². The van der Waals surface area contributed by atoms with E-state index >= 15 is 0 Å². The third kappa shape index (κ3) is 2.32. The fourth-order valence-corrected chi connectivity index (χ4v) is 1.76. The van der Waals surface area contributed by atoms with Gasteiger partial charge in [-0.05, 0) is 30.7 Å². The van der Waals surface area contributed by atoms with E-state index in [4.69, 9.17) is 5.14 Å². The summed E-state index contributed by atoms with van der Waals surface area (Å²) in [6.07, 6.45) is 0. The molecule has 0 aliphatic rings. The van der Waals surface area contributed by atoms with Crippen LogP contribution >= 0.6 is 0 Å². The summed E-state index contributed by atoms with van der Waals surface area (Å²) in [5.74, 6) is -0.222. The zero-order valence-corrected chi connectivity index (χ0v) is 9.62. The van der Waals surface area contributed by atoms with Crippen LogP contribution in [0.4, 0.5) is 4.39 Å². The predicted molar refractivity (Wildman–Crippen MR) is 57.9 cm³/mol. The lowest BCUT2D eigenvalue weighted by Gasteiger charge is -2.00. The smallest absolute Gasteiger partial charge is 0.248 e. The lowest BCUT2D eigenvalue weighted by Crippen LogP contribution is -2.13. The minimum absolute atomic E-state index is 0.159. The van der Waals surface area contributed by atoms with Crippen molar-refractivity contribution in [3.05, 3.63) is 29.6 Å². The maximum Gasteiger partial charge on any atom is 0.273 e. The first-order valence-corrected chi connectivity index (χ1v) is 6.14. The van der Waals surface area contributed by atoms with Crippen LogP contribution in [0.2, 0.25) is 0 Å². The Bertz CT molecular complexity index is 665. The predicted octanol–water partition coefficient (Wildman–Crippen LogP) is 0.567. The van der Waals surface area contributed by atoms with E-state index < -0.39 is 15.2 Å². The standard InChI is InChI=1S/C9H9FN4O2S/c1-5-4-6(10)2-3-7(5)8-12-9(14-13-8)17(11,15)16/h2-4H,1H3,(H2,11,15,16)(H,12,13,14). The first kappa shape index (κ1) is 11.7. The summed E-state index contributed by atoms with van der Waals surface area (Å²) >= 11 is 0. The molecule has 0 spiro atoms. The Hall–Kier alpha value is -1.80. The van der Waals surface area contributed by atoms with Crippen molar-refractivity contribution >= 4 is 10.0 Å². The molecular weight excluding hydrogens is 247 g/mol. The van der Waals surface area contributed by atoms with Gasteiger partial charge in [0, 0.05) is 5.56 Å². The molecule has 0 aliphatic heterocycles. The maximum absolute atomic E-state index is 12.9. The maximum atomic E-state index is 12.9. The first-order valence-electron chi connectivity index (χ1n) is 4.59. The number of hydrogen-bond acceptors (Lipinski definition) is 4. The van der Waals surface area contributed by atoms with Gasteiger partial charge in [0.25, 0.3) is 15.2 Å². The summed E-state index contributed by atoms with van der Waals surface area (Å²) in [7, 11) is -3.91. The highest BCUT2D eigenvalue weighted by atomic mass is 32.2. The normalized spacial score (nSPS) is 11.7. The third-order valence-electron chi connectivity index (χ3n) is 2.16. The van der Waals surface area contributed by atoms with Gasteiger partial charge in [-0.3, -0.25) is 0 Å². The van der Waals surface area contributed by atoms with E-state index in [9.17, 15) is 12.8 Å². The van der Waals surface area contributed by atoms with Gasteiger partial charge >= 0.3 is 0 Å². The van der Waals surface area contributed by atoms with Gasteiger partial charge in [-0.25, -0.2) is 23.0 Å². The summed E-state index contributed by atoms with van der Waals surface area (Å²) in [4.78, 5) is 3.74. The zero-order valence-electron chi connectivity index (χ0n) is 8.81. The molecule has 1 aromatic carbocycles. The molecule has 0 saturated heterocycles. The van der Waals surface area contributed by atoms with Crippen LogP contribution in [0.15, 0.2) is 23.4 Å². The highest BCUT2D eigenvalue weighted by Gasteiger charge is 2.16. The Balaban J connectivity index is 2.51. The largest absolute Gasteiger partial charge is 0.273 e. The van der Waals surface area contributed by atoms with Crippen LogP contribution in [0.25, 0.3) is 11.4 Å². The van der Waals surface area contributed by atoms with E-state index in [0.717, 1.165) is 0 Å². The lowest BCUT2D eigenvalue weighted by molar-refractivity contribution is 0.589. The van der Waals surface area contributed by atoms with E-state index in [1.54, 1.807) is 6.92 Å². The molecule has 0 unspecified atom stereocenters. The Morgan fingerprint density at radius 2 is 2.12 bits per heavy atom. The van der Waals surface area contributed by atoms with Crippen molar-refractivity contribution in [2.45, 2.75) is 12.1 Å². The van der Waals surface area contributed by atoms with Gasteiger partial charge < -0.3 is 0 Å². The van der Waals surface area contributed by atoms with Crippen LogP contribution in [0.3, 0.4) is 0 Å². The highest BCUT2D eigenvalue weighted by Crippen LogP contribution is 2.20. The van der Waals surface area contributed by atoms with Gasteiger partial charge in [0.1, 0.15) is 5.82 Å². The second kappa shape index (κ2) is 3.90. The molecule has 6 nitrogen and oxygen atoms in total. The van der Waals surface area contributed by atoms with E-state index in [-0.39, 0.29) is 11.6 Å². The number of halogens is 1. The topological polar surface area (TPSA) is 102 Å². The van der Waals surface area contributed by atoms with E-state index in [1.165, 1.54) is 18.2 Å². The van der Waals surface area contributed by atoms with Gasteiger partial charge in [-0.2, -0.15) is 10.1 Å². The van der Waals surface area contributed by atoms with E-state index in [2.05, 4.69) is 15.2 Å². The van der Waals surface area contributed by atoms with Crippen molar-refractivity contribution in [2.75, 3.05) is 0 Å². The minimum atomic E-state index is -3.91. The molecule has 0 bridgehead atoms. The molecule has 0 atom stereocenters. The molecule has 3 N–H and O–H groups in total. The van der Waals surface area contributed by atoms with Gasteiger partial charge in [0.15, 0.2) is 5.82 Å². The van der Waals surface area contributed by atoms with Crippen LogP contribution in [-0.2, 0) is 10.0 Å². The number of benzene rings is 1. The Morgan fingerprint density at radius 1 is 1.41 bits per heavy atom. The third-order valence-corrected chi connectivity index (χ3v) is 2.89. The van der Waals surface area contributed by atoms with Crippen molar-refractivity contribution in [2.24, 2.45) is 5.14 Å². The molecule has 0 aliphatic carbocycles. The van der Waals surface area contributed by atoms with Gasteiger partial charge in [-0.1, -0.05) is 0 Å². The first-order chi connectivity index (χ1) is 7.88. The van der Waals surface area contributed by atoms with Crippen LogP contribution in [0, 0.1) is 12.7 Å². The number of nitrogens with one attached hydrogen (secondary N) is 1. The molecule has 2 rings (SSSR count). The van der Waals surface area contributed by atoms with Crippen LogP contribution in [0.5, 0.6) is 0 Å². The van der Waals surface area contributed by atoms with Crippen molar-refractivity contribution < 1.29 is 12.8 Å². The summed E-state index contributed by atoms with van der Waals surface area (Å²) in [6.45, 7) is 1.67. The number of nitrogens with two attached hydrogens (primary N) is 1. The van der Waals surface area contributed by atoms with Crippen LogP contribution in [0.1, 0.15) is 5.56 Å². The molecule has 0 radical (unpaired) electrons. The molecule has 8 heteroatoms. The molecular formula is C9H9FN4O2S. The van der Waals surface area contributed by atoms with Crippen LogP contribution in [-0.4, -0.2) is 23.6 Å². The van der Waals surface area contributed by atoms with Gasteiger partial charge in [-0.15, -0.1) is 0 Å². The number of aromatic amines is 1. The minimum Gasteiger partial charge on any atom is -0.248 e. The van der Waals surface area contributed by atoms with Crippen molar-refractivity contribution in [3.63, 3.8) is 0 Å². The van der Waals surface area contributed by atoms with Crippen LogP contribution < -0.4 is 5.14 Å². The second-order valence-corrected chi connectivity index (χ2v) is 4.95. The molecule has 0 fully saturated rings. The quantitative estimate of drug-likeness (QED) is 0.819. The Morgan fingerprint density at radius 3 is 2.65 bits per heavy atom. The number of aromatic nitrogens is 3. The molecule has 90 valence electrons. The van der Waals surface area contributed by atoms with Crippen molar-refractivity contribution in [1.82, 2.24) is 15.2 Å². The summed E-state index contributed by atoms with van der Waals surface area (Å²) in [6, 6.07) is 4.03. The van der Waals surface area contributed by atoms with Crippen molar-refractivity contribution in [3.8, 4) is 11.4 Å².